The summed E-state index contributed by atoms with van der Waals surface area (Å²) in [4.78, 5) is 16.8. The number of anilines is 1. The molecule has 3 aromatic rings. The number of para-hydroxylation sites is 1. The van der Waals surface area contributed by atoms with Crippen LogP contribution in [0.4, 0.5) is 5.82 Å². The average molecular weight is 517 g/mol. The Morgan fingerprint density at radius 2 is 1.83 bits per heavy atom. The van der Waals surface area contributed by atoms with E-state index in [1.54, 1.807) is 12.1 Å². The largest absolute Gasteiger partial charge is 1.00 e. The third-order valence-electron chi connectivity index (χ3n) is 3.36. The van der Waals surface area contributed by atoms with Gasteiger partial charge in [0.1, 0.15) is 0 Å². The van der Waals surface area contributed by atoms with Gasteiger partial charge in [-0.3, -0.25) is 0 Å². The number of nitrogens with two attached hydrogens (primary N) is 2. The SMILES string of the molecule is Nc1c2ccccc2nc([Se]CC(=O)c2ccc(Br)cc2)[n+]1N.[Br-]. The number of aromatic nitrogens is 2. The fourth-order valence-corrected chi connectivity index (χ4v) is 4.13. The van der Waals surface area contributed by atoms with Gasteiger partial charge in [-0.05, 0) is 0 Å². The Kier molecular flexibility index (Phi) is 6.34. The first kappa shape index (κ1) is 18.9. The third-order valence-corrected chi connectivity index (χ3v) is 5.89. The predicted molar refractivity (Wildman–Crippen MR) is 95.2 cm³/mol. The molecule has 0 fully saturated rings. The van der Waals surface area contributed by atoms with Gasteiger partial charge in [-0.15, -0.1) is 0 Å². The molecule has 8 heteroatoms. The molecule has 0 saturated heterocycles. The van der Waals surface area contributed by atoms with Crippen LogP contribution >= 0.6 is 15.9 Å². The molecule has 0 saturated carbocycles. The summed E-state index contributed by atoms with van der Waals surface area (Å²) in [7, 11) is 0. The first-order valence-electron chi connectivity index (χ1n) is 6.83. The van der Waals surface area contributed by atoms with Crippen molar-refractivity contribution in [2.24, 2.45) is 0 Å². The van der Waals surface area contributed by atoms with E-state index in [0.717, 1.165) is 15.4 Å². The van der Waals surface area contributed by atoms with Gasteiger partial charge >= 0.3 is 148 Å². The number of benzene rings is 2. The molecule has 5 nitrogen and oxygen atoms in total. The molecule has 0 radical (unpaired) electrons. The second-order valence-corrected chi connectivity index (χ2v) is 7.78. The molecule has 24 heavy (non-hydrogen) atoms. The van der Waals surface area contributed by atoms with Crippen molar-refractivity contribution >= 4 is 58.1 Å². The predicted octanol–water partition coefficient (Wildman–Crippen LogP) is -1.78. The van der Waals surface area contributed by atoms with E-state index in [0.29, 0.717) is 21.4 Å². The molecule has 0 spiro atoms. The van der Waals surface area contributed by atoms with Gasteiger partial charge in [0.2, 0.25) is 0 Å². The molecule has 0 aliphatic carbocycles. The quantitative estimate of drug-likeness (QED) is 0.186. The zero-order valence-corrected chi connectivity index (χ0v) is 17.3. The van der Waals surface area contributed by atoms with Crippen LogP contribution in [-0.4, -0.2) is 25.7 Å². The number of nitrogen functional groups attached to an aromatic ring is 2. The molecule has 4 N–H and O–H groups in total. The number of halogens is 2. The van der Waals surface area contributed by atoms with Crippen LogP contribution in [0.1, 0.15) is 10.4 Å². The Morgan fingerprint density at radius 3 is 2.54 bits per heavy atom. The molecule has 0 bridgehead atoms. The number of hydrogen-bond donors (Lipinski definition) is 2. The van der Waals surface area contributed by atoms with Crippen molar-refractivity contribution in [1.82, 2.24) is 4.98 Å². The number of nitrogens with zero attached hydrogens (tertiary/aromatic N) is 2. The van der Waals surface area contributed by atoms with Crippen LogP contribution < -0.4 is 38.0 Å². The summed E-state index contributed by atoms with van der Waals surface area (Å²) in [6.07, 6.45) is 0. The maximum atomic E-state index is 12.3. The number of carbonyl (C=O) groups excluding carboxylic acids is 1. The van der Waals surface area contributed by atoms with Crippen molar-refractivity contribution in [3.63, 3.8) is 0 Å². The molecule has 1 aromatic heterocycles. The molecule has 0 amide bonds. The minimum Gasteiger partial charge on any atom is -1.00 e. The van der Waals surface area contributed by atoms with Crippen molar-refractivity contribution < 1.29 is 26.5 Å². The van der Waals surface area contributed by atoms with Gasteiger partial charge in [-0.25, -0.2) is 0 Å². The molecule has 0 unspecified atom stereocenters. The van der Waals surface area contributed by atoms with Crippen LogP contribution in [0.5, 0.6) is 0 Å². The van der Waals surface area contributed by atoms with E-state index in [4.69, 9.17) is 11.6 Å². The smallest absolute Gasteiger partial charge is 1.00 e. The molecule has 3 rings (SSSR count). The summed E-state index contributed by atoms with van der Waals surface area (Å²) in [6, 6.07) is 14.9. The van der Waals surface area contributed by atoms with Gasteiger partial charge in [-0.2, -0.15) is 0 Å². The van der Waals surface area contributed by atoms with Gasteiger partial charge in [-0.1, -0.05) is 0 Å². The van der Waals surface area contributed by atoms with Crippen LogP contribution in [-0.2, 0) is 0 Å². The molecule has 0 atom stereocenters. The van der Waals surface area contributed by atoms with E-state index in [2.05, 4.69) is 20.9 Å². The van der Waals surface area contributed by atoms with Crippen LogP contribution in [0.15, 0.2) is 53.0 Å². The fraction of sp³-hybridized carbons (Fsp3) is 0.0625. The van der Waals surface area contributed by atoms with Gasteiger partial charge < -0.3 is 17.0 Å². The Labute approximate surface area is 164 Å². The maximum absolute atomic E-state index is 12.3. The number of fused-ring (bicyclic) bond motifs is 1. The Hall–Kier alpha value is -1.47. The molecule has 124 valence electrons. The summed E-state index contributed by atoms with van der Waals surface area (Å²) in [5.41, 5.74) is 7.55. The molecule has 1 heterocycles. The second kappa shape index (κ2) is 8.07. The second-order valence-electron chi connectivity index (χ2n) is 4.89. The van der Waals surface area contributed by atoms with Gasteiger partial charge in [0.25, 0.3) is 0 Å². The fourth-order valence-electron chi connectivity index (χ4n) is 2.13. The number of ketones is 1. The summed E-state index contributed by atoms with van der Waals surface area (Å²) >= 11 is 3.16. The monoisotopic (exact) mass is 516 g/mol. The first-order valence-corrected chi connectivity index (χ1v) is 9.69. The Balaban J connectivity index is 0.00000208. The Bertz CT molecular complexity index is 887. The molecule has 2 aromatic carbocycles. The molecule has 0 aliphatic rings. The van der Waals surface area contributed by atoms with E-state index in [9.17, 15) is 4.79 Å². The van der Waals surface area contributed by atoms with Crippen molar-refractivity contribution in [2.45, 2.75) is 5.32 Å². The minimum atomic E-state index is -0.197. The molecular formula is C16H14Br2N4OSe. The average Bonchev–Trinajstić information content (AvgIpc) is 2.57. The van der Waals surface area contributed by atoms with E-state index >= 15 is 0 Å². The van der Waals surface area contributed by atoms with E-state index in [1.807, 2.05) is 36.4 Å². The summed E-state index contributed by atoms with van der Waals surface area (Å²) in [5.74, 6) is 6.56. The minimum absolute atomic E-state index is 0. The van der Waals surface area contributed by atoms with Crippen LogP contribution in [0.2, 0.25) is 5.32 Å². The van der Waals surface area contributed by atoms with E-state index < -0.39 is 0 Å². The summed E-state index contributed by atoms with van der Waals surface area (Å²) in [6.45, 7) is 0. The zero-order chi connectivity index (χ0) is 16.4. The van der Waals surface area contributed by atoms with E-state index in [-0.39, 0.29) is 37.7 Å². The van der Waals surface area contributed by atoms with Gasteiger partial charge in [0, 0.05) is 0 Å². The number of Topliss-reactive ketones (excluding diaryl/α,β-unsaturated/α-hetero) is 1. The van der Waals surface area contributed by atoms with Gasteiger partial charge in [0.05, 0.1) is 0 Å². The van der Waals surface area contributed by atoms with Crippen LogP contribution in [0.3, 0.4) is 0 Å². The molecular weight excluding hydrogens is 503 g/mol. The third kappa shape index (κ3) is 3.95. The van der Waals surface area contributed by atoms with E-state index in [1.165, 1.54) is 4.68 Å². The summed E-state index contributed by atoms with van der Waals surface area (Å²) in [5, 5.41) is 1.20. The van der Waals surface area contributed by atoms with Crippen molar-refractivity contribution in [3.8, 4) is 0 Å². The van der Waals surface area contributed by atoms with Crippen molar-refractivity contribution in [1.29, 1.82) is 0 Å². The number of hydrogen-bond acceptors (Lipinski definition) is 4. The molecule has 0 aliphatic heterocycles. The van der Waals surface area contributed by atoms with Crippen LogP contribution in [0.25, 0.3) is 10.9 Å². The van der Waals surface area contributed by atoms with Crippen molar-refractivity contribution in [3.05, 3.63) is 58.6 Å². The van der Waals surface area contributed by atoms with Crippen molar-refractivity contribution in [2.75, 3.05) is 11.6 Å². The zero-order valence-electron chi connectivity index (χ0n) is 12.4. The topological polar surface area (TPSA) is 85.9 Å². The number of rotatable bonds is 4. The van der Waals surface area contributed by atoms with Crippen LogP contribution in [0, 0.1) is 0 Å². The Morgan fingerprint density at radius 1 is 1.17 bits per heavy atom. The normalized spacial score (nSPS) is 10.4. The maximum Gasteiger partial charge on any atom is -1.00 e. The standard InChI is InChI=1S/C16H13BrN4OSe.BrH/c17-11-7-5-10(6-8-11)14(22)9-23-16-20-13-4-2-1-3-12(13)15(18)21(16)19;/h1-8,18H,9,19H2;1H. The summed E-state index contributed by atoms with van der Waals surface area (Å²) < 4.78 is 2.99. The number of carbonyl (C=O) groups is 1. The first-order chi connectivity index (χ1) is 11.1. The van der Waals surface area contributed by atoms with Gasteiger partial charge in [0.15, 0.2) is 0 Å².